The highest BCUT2D eigenvalue weighted by Crippen LogP contribution is 2.35. The molecule has 19 heavy (non-hydrogen) atoms. The van der Waals surface area contributed by atoms with Crippen molar-refractivity contribution in [2.75, 3.05) is 18.0 Å². The van der Waals surface area contributed by atoms with Crippen LogP contribution in [0.2, 0.25) is 0 Å². The van der Waals surface area contributed by atoms with Crippen LogP contribution in [0.4, 0.5) is 14.5 Å². The van der Waals surface area contributed by atoms with Crippen molar-refractivity contribution in [1.82, 2.24) is 0 Å². The molecule has 1 aliphatic heterocycles. The minimum absolute atomic E-state index is 0.0596. The maximum absolute atomic E-state index is 13.8. The van der Waals surface area contributed by atoms with Crippen molar-refractivity contribution in [3.8, 4) is 0 Å². The molecule has 0 bridgehead atoms. The molecule has 1 amide bonds. The molecule has 1 unspecified atom stereocenters. The number of carbonyl (C=O) groups is 2. The van der Waals surface area contributed by atoms with Gasteiger partial charge in [0.05, 0.1) is 5.41 Å². The van der Waals surface area contributed by atoms with E-state index in [-0.39, 0.29) is 17.8 Å². The fourth-order valence-corrected chi connectivity index (χ4v) is 2.31. The molecule has 0 aliphatic carbocycles. The van der Waals surface area contributed by atoms with Gasteiger partial charge < -0.3 is 10.6 Å². The number of hydrogen-bond donors (Lipinski definition) is 1. The number of primary amides is 1. The van der Waals surface area contributed by atoms with Crippen LogP contribution in [0.1, 0.15) is 23.7 Å². The van der Waals surface area contributed by atoms with Gasteiger partial charge in [-0.15, -0.1) is 0 Å². The molecule has 2 N–H and O–H groups in total. The van der Waals surface area contributed by atoms with Crippen molar-refractivity contribution >= 4 is 17.9 Å². The van der Waals surface area contributed by atoms with Gasteiger partial charge in [-0.25, -0.2) is 8.78 Å². The Balaban J connectivity index is 2.35. The lowest BCUT2D eigenvalue weighted by molar-refractivity contribution is -0.125. The second kappa shape index (κ2) is 4.60. The molecule has 1 fully saturated rings. The second-order valence-corrected chi connectivity index (χ2v) is 5.05. The fourth-order valence-electron chi connectivity index (χ4n) is 2.31. The summed E-state index contributed by atoms with van der Waals surface area (Å²) in [5, 5.41) is 0. The molecule has 0 radical (unpaired) electrons. The van der Waals surface area contributed by atoms with E-state index in [9.17, 15) is 18.4 Å². The van der Waals surface area contributed by atoms with Crippen LogP contribution in [0, 0.1) is 17.0 Å². The van der Waals surface area contributed by atoms with Crippen LogP contribution in [-0.2, 0) is 4.79 Å². The molecule has 1 aliphatic rings. The molecule has 1 aromatic carbocycles. The topological polar surface area (TPSA) is 63.4 Å². The molecule has 1 aromatic rings. The Labute approximate surface area is 109 Å². The number of benzene rings is 1. The summed E-state index contributed by atoms with van der Waals surface area (Å²) in [6.45, 7) is 2.18. The van der Waals surface area contributed by atoms with Crippen LogP contribution in [0.5, 0.6) is 0 Å². The first-order valence-electron chi connectivity index (χ1n) is 5.86. The lowest BCUT2D eigenvalue weighted by atomic mass is 9.89. The molecule has 1 heterocycles. The van der Waals surface area contributed by atoms with Crippen molar-refractivity contribution in [1.29, 1.82) is 0 Å². The third-order valence-corrected chi connectivity index (χ3v) is 3.56. The maximum Gasteiger partial charge on any atom is 0.225 e. The maximum atomic E-state index is 13.8. The normalized spacial score (nSPS) is 22.6. The van der Waals surface area contributed by atoms with Crippen LogP contribution in [0.25, 0.3) is 0 Å². The predicted molar refractivity (Wildman–Crippen MR) is 65.9 cm³/mol. The second-order valence-electron chi connectivity index (χ2n) is 5.05. The third kappa shape index (κ3) is 2.30. The van der Waals surface area contributed by atoms with E-state index in [0.717, 1.165) is 12.1 Å². The quantitative estimate of drug-likeness (QED) is 0.844. The Bertz CT molecular complexity index is 524. The van der Waals surface area contributed by atoms with Crippen molar-refractivity contribution in [2.24, 2.45) is 11.1 Å². The average molecular weight is 268 g/mol. The summed E-state index contributed by atoms with van der Waals surface area (Å²) in [7, 11) is 0. The summed E-state index contributed by atoms with van der Waals surface area (Å²) in [5.74, 6) is -2.10. The molecule has 0 spiro atoms. The van der Waals surface area contributed by atoms with Gasteiger partial charge in [0.1, 0.15) is 23.6 Å². The van der Waals surface area contributed by atoms with Crippen LogP contribution >= 0.6 is 0 Å². The molecule has 4 nitrogen and oxygen atoms in total. The minimum atomic E-state index is -0.809. The van der Waals surface area contributed by atoms with E-state index < -0.39 is 23.0 Å². The zero-order valence-corrected chi connectivity index (χ0v) is 10.5. The lowest BCUT2D eigenvalue weighted by Gasteiger charge is -2.23. The van der Waals surface area contributed by atoms with Gasteiger partial charge >= 0.3 is 0 Å². The van der Waals surface area contributed by atoms with E-state index in [0.29, 0.717) is 19.3 Å². The molecule has 1 atom stereocenters. The van der Waals surface area contributed by atoms with E-state index in [1.807, 2.05) is 0 Å². The number of rotatable bonds is 3. The number of amides is 1. The zero-order chi connectivity index (χ0) is 14.2. The highest BCUT2D eigenvalue weighted by molar-refractivity contribution is 5.82. The number of hydrogen-bond acceptors (Lipinski definition) is 3. The van der Waals surface area contributed by atoms with Crippen LogP contribution in [0.15, 0.2) is 12.1 Å². The van der Waals surface area contributed by atoms with Crippen molar-refractivity contribution in [3.63, 3.8) is 0 Å². The highest BCUT2D eigenvalue weighted by Gasteiger charge is 2.40. The number of aldehydes is 1. The van der Waals surface area contributed by atoms with Gasteiger partial charge in [0.2, 0.25) is 5.91 Å². The summed E-state index contributed by atoms with van der Waals surface area (Å²) in [4.78, 5) is 23.3. The van der Waals surface area contributed by atoms with Gasteiger partial charge in [0.25, 0.3) is 0 Å². The van der Waals surface area contributed by atoms with Crippen molar-refractivity contribution in [3.05, 3.63) is 29.3 Å². The van der Waals surface area contributed by atoms with Crippen LogP contribution in [-0.4, -0.2) is 25.3 Å². The number of nitrogens with two attached hydrogens (primary N) is 1. The Morgan fingerprint density at radius 3 is 2.42 bits per heavy atom. The van der Waals surface area contributed by atoms with E-state index in [1.165, 1.54) is 4.90 Å². The van der Waals surface area contributed by atoms with E-state index in [1.54, 1.807) is 6.92 Å². The molecular formula is C13H14F2N2O2. The summed E-state index contributed by atoms with van der Waals surface area (Å²) < 4.78 is 27.7. The first-order valence-corrected chi connectivity index (χ1v) is 5.86. The Morgan fingerprint density at radius 2 is 2.00 bits per heavy atom. The summed E-state index contributed by atoms with van der Waals surface area (Å²) in [6, 6.07) is 1.96. The third-order valence-electron chi connectivity index (χ3n) is 3.56. The molecule has 1 saturated heterocycles. The summed E-state index contributed by atoms with van der Waals surface area (Å²) >= 11 is 0. The molecule has 0 saturated carbocycles. The molecular weight excluding hydrogens is 254 g/mol. The smallest absolute Gasteiger partial charge is 0.225 e. The SMILES string of the molecule is CC1(C(N)=O)CCN(c2c(F)cc(C=O)cc2F)C1. The monoisotopic (exact) mass is 268 g/mol. The summed E-state index contributed by atoms with van der Waals surface area (Å²) in [5.41, 5.74) is 4.23. The summed E-state index contributed by atoms with van der Waals surface area (Å²) in [6.07, 6.45) is 0.824. The minimum Gasteiger partial charge on any atom is -0.369 e. The van der Waals surface area contributed by atoms with E-state index >= 15 is 0 Å². The molecule has 6 heteroatoms. The van der Waals surface area contributed by atoms with Gasteiger partial charge in [0, 0.05) is 18.7 Å². The van der Waals surface area contributed by atoms with Gasteiger partial charge in [0.15, 0.2) is 0 Å². The van der Waals surface area contributed by atoms with Gasteiger partial charge in [-0.05, 0) is 25.5 Å². The molecule has 0 aromatic heterocycles. The van der Waals surface area contributed by atoms with Crippen molar-refractivity contribution in [2.45, 2.75) is 13.3 Å². The average Bonchev–Trinajstić information content (AvgIpc) is 2.72. The number of nitrogens with zero attached hydrogens (tertiary/aromatic N) is 1. The Hall–Kier alpha value is -1.98. The van der Waals surface area contributed by atoms with Crippen molar-refractivity contribution < 1.29 is 18.4 Å². The molecule has 2 rings (SSSR count). The van der Waals surface area contributed by atoms with Crippen LogP contribution < -0.4 is 10.6 Å². The van der Waals surface area contributed by atoms with Gasteiger partial charge in [-0.2, -0.15) is 0 Å². The fraction of sp³-hybridized carbons (Fsp3) is 0.385. The number of anilines is 1. The number of halogens is 2. The zero-order valence-electron chi connectivity index (χ0n) is 10.5. The lowest BCUT2D eigenvalue weighted by Crippen LogP contribution is -2.37. The van der Waals surface area contributed by atoms with E-state index in [2.05, 4.69) is 0 Å². The first-order chi connectivity index (χ1) is 8.87. The largest absolute Gasteiger partial charge is 0.369 e. The van der Waals surface area contributed by atoms with E-state index in [4.69, 9.17) is 5.73 Å². The standard InChI is InChI=1S/C13H14F2N2O2/c1-13(12(16)19)2-3-17(7-13)11-9(14)4-8(6-18)5-10(11)15/h4-6H,2-3,7H2,1H3,(H2,16,19). The Kier molecular flexibility index (Phi) is 3.26. The first kappa shape index (κ1) is 13.5. The van der Waals surface area contributed by atoms with Gasteiger partial charge in [-0.1, -0.05) is 0 Å². The predicted octanol–water partition coefficient (Wildman–Crippen LogP) is 1.48. The highest BCUT2D eigenvalue weighted by atomic mass is 19.1. The Morgan fingerprint density at radius 1 is 1.42 bits per heavy atom. The number of carbonyl (C=O) groups excluding carboxylic acids is 2. The van der Waals surface area contributed by atoms with Gasteiger partial charge in [-0.3, -0.25) is 9.59 Å². The molecule has 102 valence electrons. The van der Waals surface area contributed by atoms with Crippen LogP contribution in [0.3, 0.4) is 0 Å².